The third kappa shape index (κ3) is 3.49. The van der Waals surface area contributed by atoms with E-state index in [2.05, 4.69) is 16.0 Å². The standard InChI is InChI=1S/C21H23N3O3S/c1-15-12-19(16(2)24(15)13-18-4-3-11-28-18)21(26)23-8-6-22(7-9-23)20(25)17-5-10-27-14-17/h3-5,10-12,14H,6-9,13H2,1-2H3. The number of rotatable bonds is 4. The van der Waals surface area contributed by atoms with Gasteiger partial charge in [-0.1, -0.05) is 6.07 Å². The van der Waals surface area contributed by atoms with Crippen LogP contribution in [0.5, 0.6) is 0 Å². The molecular formula is C21H23N3O3S. The predicted molar refractivity (Wildman–Crippen MR) is 108 cm³/mol. The molecule has 1 aliphatic rings. The smallest absolute Gasteiger partial charge is 0.257 e. The first kappa shape index (κ1) is 18.6. The second-order valence-electron chi connectivity index (χ2n) is 7.05. The Labute approximate surface area is 168 Å². The summed E-state index contributed by atoms with van der Waals surface area (Å²) in [5.74, 6) is -0.00378. The number of aromatic nitrogens is 1. The van der Waals surface area contributed by atoms with Crippen LogP contribution < -0.4 is 0 Å². The maximum Gasteiger partial charge on any atom is 0.257 e. The van der Waals surface area contributed by atoms with Crippen molar-refractivity contribution in [3.05, 3.63) is 69.6 Å². The van der Waals surface area contributed by atoms with Crippen molar-refractivity contribution in [3.63, 3.8) is 0 Å². The van der Waals surface area contributed by atoms with Gasteiger partial charge in [-0.15, -0.1) is 11.3 Å². The summed E-state index contributed by atoms with van der Waals surface area (Å²) in [5, 5.41) is 2.07. The minimum atomic E-state index is -0.0463. The molecule has 28 heavy (non-hydrogen) atoms. The van der Waals surface area contributed by atoms with Crippen LogP contribution in [0.2, 0.25) is 0 Å². The molecule has 0 radical (unpaired) electrons. The van der Waals surface area contributed by atoms with E-state index in [1.807, 2.05) is 30.9 Å². The lowest BCUT2D eigenvalue weighted by molar-refractivity contribution is 0.0534. The number of carbonyl (C=O) groups excluding carboxylic acids is 2. The molecule has 3 aromatic heterocycles. The second kappa shape index (κ2) is 7.67. The number of hydrogen-bond acceptors (Lipinski definition) is 4. The number of nitrogens with zero attached hydrogens (tertiary/aromatic N) is 3. The number of thiophene rings is 1. The number of aryl methyl sites for hydroxylation is 1. The van der Waals surface area contributed by atoms with Gasteiger partial charge in [-0.05, 0) is 37.4 Å². The molecule has 4 heterocycles. The van der Waals surface area contributed by atoms with E-state index < -0.39 is 0 Å². The first-order chi connectivity index (χ1) is 13.5. The average Bonchev–Trinajstić information content (AvgIpc) is 3.46. The normalized spacial score (nSPS) is 14.5. The number of carbonyl (C=O) groups is 2. The molecule has 0 unspecified atom stereocenters. The molecule has 146 valence electrons. The third-order valence-corrected chi connectivity index (χ3v) is 6.18. The zero-order valence-corrected chi connectivity index (χ0v) is 16.9. The molecule has 0 N–H and O–H groups in total. The molecule has 0 aromatic carbocycles. The quantitative estimate of drug-likeness (QED) is 0.678. The van der Waals surface area contributed by atoms with Gasteiger partial charge in [0.05, 0.1) is 23.9 Å². The molecule has 1 fully saturated rings. The number of hydrogen-bond donors (Lipinski definition) is 0. The second-order valence-corrected chi connectivity index (χ2v) is 8.08. The summed E-state index contributed by atoms with van der Waals surface area (Å²) in [4.78, 5) is 30.4. The Balaban J connectivity index is 1.43. The summed E-state index contributed by atoms with van der Waals surface area (Å²) in [6.07, 6.45) is 2.96. The first-order valence-electron chi connectivity index (χ1n) is 9.34. The van der Waals surface area contributed by atoms with Gasteiger partial charge in [0.15, 0.2) is 0 Å². The molecule has 1 aliphatic heterocycles. The van der Waals surface area contributed by atoms with E-state index in [-0.39, 0.29) is 11.8 Å². The fraction of sp³-hybridized carbons (Fsp3) is 0.333. The molecule has 0 saturated carbocycles. The zero-order valence-electron chi connectivity index (χ0n) is 16.1. The molecule has 0 aliphatic carbocycles. The van der Waals surface area contributed by atoms with Crippen molar-refractivity contribution in [1.82, 2.24) is 14.4 Å². The summed E-state index contributed by atoms with van der Waals surface area (Å²) >= 11 is 1.72. The highest BCUT2D eigenvalue weighted by Crippen LogP contribution is 2.21. The minimum Gasteiger partial charge on any atom is -0.472 e. The lowest BCUT2D eigenvalue weighted by Gasteiger charge is -2.34. The van der Waals surface area contributed by atoms with Gasteiger partial charge in [0.25, 0.3) is 11.8 Å². The Hall–Kier alpha value is -2.80. The van der Waals surface area contributed by atoms with Crippen molar-refractivity contribution in [2.75, 3.05) is 26.2 Å². The van der Waals surface area contributed by atoms with Crippen molar-refractivity contribution in [1.29, 1.82) is 0 Å². The highest BCUT2D eigenvalue weighted by molar-refractivity contribution is 7.09. The SMILES string of the molecule is Cc1cc(C(=O)N2CCN(C(=O)c3ccoc3)CC2)c(C)n1Cc1cccs1. The van der Waals surface area contributed by atoms with E-state index in [0.717, 1.165) is 23.5 Å². The summed E-state index contributed by atoms with van der Waals surface area (Å²) in [6, 6.07) is 7.81. The van der Waals surface area contributed by atoms with Crippen molar-refractivity contribution in [2.24, 2.45) is 0 Å². The van der Waals surface area contributed by atoms with Gasteiger partial charge in [-0.2, -0.15) is 0 Å². The van der Waals surface area contributed by atoms with Crippen LogP contribution >= 0.6 is 11.3 Å². The van der Waals surface area contributed by atoms with Gasteiger partial charge in [0.1, 0.15) is 6.26 Å². The van der Waals surface area contributed by atoms with E-state index in [1.165, 1.54) is 17.4 Å². The van der Waals surface area contributed by atoms with Crippen LogP contribution in [0.4, 0.5) is 0 Å². The van der Waals surface area contributed by atoms with Crippen LogP contribution in [0.1, 0.15) is 37.0 Å². The van der Waals surface area contributed by atoms with Gasteiger partial charge in [-0.3, -0.25) is 9.59 Å². The highest BCUT2D eigenvalue weighted by Gasteiger charge is 2.27. The number of piperazine rings is 1. The van der Waals surface area contributed by atoms with Gasteiger partial charge < -0.3 is 18.8 Å². The predicted octanol–water partition coefficient (Wildman–Crippen LogP) is 3.41. The van der Waals surface area contributed by atoms with Crippen molar-refractivity contribution >= 4 is 23.2 Å². The third-order valence-electron chi connectivity index (χ3n) is 5.32. The Morgan fingerprint density at radius 2 is 1.79 bits per heavy atom. The molecule has 7 heteroatoms. The zero-order chi connectivity index (χ0) is 19.7. The summed E-state index contributed by atoms with van der Waals surface area (Å²) in [7, 11) is 0. The average molecular weight is 398 g/mol. The van der Waals surface area contributed by atoms with Gasteiger partial charge >= 0.3 is 0 Å². The van der Waals surface area contributed by atoms with Crippen LogP contribution in [-0.2, 0) is 6.54 Å². The Morgan fingerprint density at radius 1 is 1.07 bits per heavy atom. The summed E-state index contributed by atoms with van der Waals surface area (Å²) in [5.41, 5.74) is 3.39. The fourth-order valence-electron chi connectivity index (χ4n) is 3.67. The topological polar surface area (TPSA) is 58.7 Å². The van der Waals surface area contributed by atoms with Crippen LogP contribution in [0.25, 0.3) is 0 Å². The van der Waals surface area contributed by atoms with Gasteiger partial charge in [0, 0.05) is 42.4 Å². The molecule has 4 rings (SSSR count). The lowest BCUT2D eigenvalue weighted by Crippen LogP contribution is -2.50. The summed E-state index contributed by atoms with van der Waals surface area (Å²) < 4.78 is 7.19. The van der Waals surface area contributed by atoms with Gasteiger partial charge in [0.2, 0.25) is 0 Å². The van der Waals surface area contributed by atoms with Gasteiger partial charge in [-0.25, -0.2) is 0 Å². The summed E-state index contributed by atoms with van der Waals surface area (Å²) in [6.45, 7) is 6.97. The van der Waals surface area contributed by atoms with Crippen LogP contribution in [0.3, 0.4) is 0 Å². The molecule has 0 bridgehead atoms. The lowest BCUT2D eigenvalue weighted by atomic mass is 10.2. The molecular weight excluding hydrogens is 374 g/mol. The van der Waals surface area contributed by atoms with E-state index in [4.69, 9.17) is 4.42 Å². The van der Waals surface area contributed by atoms with E-state index in [0.29, 0.717) is 31.7 Å². The van der Waals surface area contributed by atoms with Crippen molar-refractivity contribution < 1.29 is 14.0 Å². The largest absolute Gasteiger partial charge is 0.472 e. The van der Waals surface area contributed by atoms with Crippen molar-refractivity contribution in [3.8, 4) is 0 Å². The molecule has 0 spiro atoms. The fourth-order valence-corrected chi connectivity index (χ4v) is 4.36. The molecule has 2 amide bonds. The van der Waals surface area contributed by atoms with Crippen LogP contribution in [0, 0.1) is 13.8 Å². The first-order valence-corrected chi connectivity index (χ1v) is 10.2. The van der Waals surface area contributed by atoms with Crippen LogP contribution in [0.15, 0.2) is 46.6 Å². The van der Waals surface area contributed by atoms with E-state index in [1.54, 1.807) is 22.3 Å². The highest BCUT2D eigenvalue weighted by atomic mass is 32.1. The molecule has 0 atom stereocenters. The Kier molecular flexibility index (Phi) is 5.09. The van der Waals surface area contributed by atoms with Crippen molar-refractivity contribution in [2.45, 2.75) is 20.4 Å². The maximum absolute atomic E-state index is 13.1. The minimum absolute atomic E-state index is 0.0425. The van der Waals surface area contributed by atoms with E-state index >= 15 is 0 Å². The molecule has 3 aromatic rings. The monoisotopic (exact) mass is 397 g/mol. The molecule has 1 saturated heterocycles. The number of amides is 2. The Morgan fingerprint density at radius 3 is 2.39 bits per heavy atom. The van der Waals surface area contributed by atoms with Crippen LogP contribution in [-0.4, -0.2) is 52.4 Å². The Bertz CT molecular complexity index is 965. The molecule has 6 nitrogen and oxygen atoms in total. The van der Waals surface area contributed by atoms with E-state index in [9.17, 15) is 9.59 Å². The maximum atomic E-state index is 13.1. The number of furan rings is 1.